The van der Waals surface area contributed by atoms with Crippen LogP contribution in [0.15, 0.2) is 34.3 Å². The summed E-state index contributed by atoms with van der Waals surface area (Å²) in [5.74, 6) is 0.677. The predicted molar refractivity (Wildman–Crippen MR) is 79.6 cm³/mol. The van der Waals surface area contributed by atoms with Gasteiger partial charge in [0, 0.05) is 17.8 Å². The molecule has 0 spiro atoms. The van der Waals surface area contributed by atoms with Crippen molar-refractivity contribution >= 4 is 39.1 Å². The molecule has 1 aromatic carbocycles. The van der Waals surface area contributed by atoms with E-state index in [1.54, 1.807) is 23.7 Å². The van der Waals surface area contributed by atoms with E-state index in [1.807, 2.05) is 0 Å². The van der Waals surface area contributed by atoms with E-state index in [1.165, 1.54) is 23.9 Å². The van der Waals surface area contributed by atoms with Crippen LogP contribution in [0.5, 0.6) is 0 Å². The fourth-order valence-corrected chi connectivity index (χ4v) is 4.15. The average molecular weight is 333 g/mol. The van der Waals surface area contributed by atoms with Gasteiger partial charge in [-0.2, -0.15) is 0 Å². The Kier molecular flexibility index (Phi) is 4.56. The lowest BCUT2D eigenvalue weighted by Crippen LogP contribution is -2.09. The van der Waals surface area contributed by atoms with E-state index in [0.717, 1.165) is 0 Å². The number of sulfone groups is 1. The molecule has 1 heterocycles. The zero-order valence-electron chi connectivity index (χ0n) is 10.7. The highest BCUT2D eigenvalue weighted by Gasteiger charge is 2.15. The molecular weight excluding hydrogens is 320 g/mol. The lowest BCUT2D eigenvalue weighted by Gasteiger charge is -2.04. The zero-order valence-corrected chi connectivity index (χ0v) is 13.0. The van der Waals surface area contributed by atoms with Crippen molar-refractivity contribution in [3.63, 3.8) is 0 Å². The van der Waals surface area contributed by atoms with Gasteiger partial charge in [-0.25, -0.2) is 8.42 Å². The smallest absolute Gasteiger partial charge is 0.222 e. The van der Waals surface area contributed by atoms with Gasteiger partial charge in [0.25, 0.3) is 0 Å². The van der Waals surface area contributed by atoms with Crippen molar-refractivity contribution in [1.29, 1.82) is 0 Å². The molecule has 2 rings (SSSR count). The molecule has 108 valence electrons. The van der Waals surface area contributed by atoms with Crippen molar-refractivity contribution in [2.75, 3.05) is 17.2 Å². The van der Waals surface area contributed by atoms with Crippen LogP contribution in [0.25, 0.3) is 0 Å². The van der Waals surface area contributed by atoms with Gasteiger partial charge in [0.05, 0.1) is 10.6 Å². The van der Waals surface area contributed by atoms with Crippen molar-refractivity contribution in [3.05, 3.63) is 29.3 Å². The van der Waals surface area contributed by atoms with Crippen LogP contribution in [0, 0.1) is 0 Å². The fraction of sp³-hybridized carbons (Fsp3) is 0.273. The van der Waals surface area contributed by atoms with Crippen molar-refractivity contribution in [3.8, 4) is 0 Å². The number of rotatable bonds is 5. The third-order valence-corrected chi connectivity index (χ3v) is 5.89. The molecule has 1 aromatic heterocycles. The molecule has 0 fully saturated rings. The van der Waals surface area contributed by atoms with Crippen LogP contribution in [0.3, 0.4) is 0 Å². The van der Waals surface area contributed by atoms with Crippen molar-refractivity contribution in [1.82, 2.24) is 14.8 Å². The third kappa shape index (κ3) is 3.44. The molecule has 0 aliphatic carbocycles. The normalized spacial score (nSPS) is 11.7. The first-order chi connectivity index (χ1) is 9.40. The van der Waals surface area contributed by atoms with Gasteiger partial charge in [0.1, 0.15) is 0 Å². The first-order valence-electron chi connectivity index (χ1n) is 5.66. The summed E-state index contributed by atoms with van der Waals surface area (Å²) in [4.78, 5) is 0.264. The van der Waals surface area contributed by atoms with E-state index in [-0.39, 0.29) is 10.6 Å². The number of hydrogen-bond acceptors (Lipinski definition) is 6. The van der Waals surface area contributed by atoms with Crippen LogP contribution in [0.1, 0.15) is 0 Å². The summed E-state index contributed by atoms with van der Waals surface area (Å²) in [6, 6.07) is 6.13. The van der Waals surface area contributed by atoms with E-state index in [2.05, 4.69) is 10.2 Å². The molecule has 0 aliphatic heterocycles. The molecule has 2 N–H and O–H groups in total. The Morgan fingerprint density at radius 1 is 1.30 bits per heavy atom. The first-order valence-corrected chi connectivity index (χ1v) is 8.68. The number of anilines is 1. The molecular formula is C11H13ClN4O2S2. The number of nitrogens with two attached hydrogens (primary N) is 1. The number of hydrogen-bond donors (Lipinski definition) is 1. The Hall–Kier alpha value is -1.25. The summed E-state index contributed by atoms with van der Waals surface area (Å²) < 4.78 is 25.8. The van der Waals surface area contributed by atoms with Gasteiger partial charge in [-0.05, 0) is 24.3 Å². The Morgan fingerprint density at radius 3 is 2.50 bits per heavy atom. The summed E-state index contributed by atoms with van der Waals surface area (Å²) >= 11 is 7.03. The standard InChI is InChI=1S/C11H13ClN4O2S2/c1-16-10(13)14-15-11(16)19-6-7-20(17,18)9-4-2-8(12)3-5-9/h2-5H,6-7H2,1H3,(H2,13,14). The molecule has 0 bridgehead atoms. The number of benzene rings is 1. The largest absolute Gasteiger partial charge is 0.368 e. The van der Waals surface area contributed by atoms with Crippen molar-refractivity contribution < 1.29 is 8.42 Å². The Morgan fingerprint density at radius 2 is 1.95 bits per heavy atom. The number of aromatic nitrogens is 3. The minimum atomic E-state index is -3.32. The molecule has 0 atom stereocenters. The Balaban J connectivity index is 1.99. The predicted octanol–water partition coefficient (Wildman–Crippen LogP) is 1.62. The zero-order chi connectivity index (χ0) is 14.8. The highest BCUT2D eigenvalue weighted by atomic mass is 35.5. The van der Waals surface area contributed by atoms with E-state index in [4.69, 9.17) is 17.3 Å². The van der Waals surface area contributed by atoms with Crippen LogP contribution in [0.4, 0.5) is 5.95 Å². The monoisotopic (exact) mass is 332 g/mol. The van der Waals surface area contributed by atoms with Gasteiger partial charge in [-0.1, -0.05) is 23.4 Å². The van der Waals surface area contributed by atoms with Gasteiger partial charge < -0.3 is 5.73 Å². The highest BCUT2D eigenvalue weighted by molar-refractivity contribution is 8.00. The summed E-state index contributed by atoms with van der Waals surface area (Å²) in [5.41, 5.74) is 5.55. The molecule has 0 saturated heterocycles. The average Bonchev–Trinajstić information content (AvgIpc) is 2.71. The summed E-state index contributed by atoms with van der Waals surface area (Å²) in [6.07, 6.45) is 0. The van der Waals surface area contributed by atoms with Crippen LogP contribution < -0.4 is 5.73 Å². The quantitative estimate of drug-likeness (QED) is 0.836. The maximum Gasteiger partial charge on any atom is 0.222 e. The third-order valence-electron chi connectivity index (χ3n) is 2.62. The molecule has 6 nitrogen and oxygen atoms in total. The van der Waals surface area contributed by atoms with Gasteiger partial charge in [0.2, 0.25) is 5.95 Å². The number of nitrogen functional groups attached to an aromatic ring is 1. The SMILES string of the molecule is Cn1c(N)nnc1SCCS(=O)(=O)c1ccc(Cl)cc1. The summed E-state index contributed by atoms with van der Waals surface area (Å²) in [6.45, 7) is 0. The first kappa shape index (κ1) is 15.1. The van der Waals surface area contributed by atoms with E-state index in [0.29, 0.717) is 21.9 Å². The Bertz CT molecular complexity index is 698. The number of thioether (sulfide) groups is 1. The van der Waals surface area contributed by atoms with Crippen LogP contribution >= 0.6 is 23.4 Å². The van der Waals surface area contributed by atoms with Gasteiger partial charge in [0.15, 0.2) is 15.0 Å². The lowest BCUT2D eigenvalue weighted by molar-refractivity contribution is 0.597. The second-order valence-corrected chi connectivity index (χ2v) is 7.63. The number of halogens is 1. The van der Waals surface area contributed by atoms with E-state index in [9.17, 15) is 8.42 Å². The molecule has 0 amide bonds. The maximum absolute atomic E-state index is 12.1. The molecule has 0 aliphatic rings. The second kappa shape index (κ2) is 6.02. The molecule has 2 aromatic rings. The molecule has 0 saturated carbocycles. The molecule has 0 radical (unpaired) electrons. The van der Waals surface area contributed by atoms with Crippen LogP contribution in [-0.4, -0.2) is 34.7 Å². The molecule has 9 heteroatoms. The minimum Gasteiger partial charge on any atom is -0.368 e. The van der Waals surface area contributed by atoms with Gasteiger partial charge >= 0.3 is 0 Å². The number of nitrogens with zero attached hydrogens (tertiary/aromatic N) is 3. The fourth-order valence-electron chi connectivity index (χ4n) is 1.45. The van der Waals surface area contributed by atoms with Crippen LogP contribution in [0.2, 0.25) is 5.02 Å². The molecule has 0 unspecified atom stereocenters. The van der Waals surface area contributed by atoms with Crippen molar-refractivity contribution in [2.45, 2.75) is 10.1 Å². The summed E-state index contributed by atoms with van der Waals surface area (Å²) in [7, 11) is -1.59. The van der Waals surface area contributed by atoms with Crippen molar-refractivity contribution in [2.24, 2.45) is 7.05 Å². The maximum atomic E-state index is 12.1. The minimum absolute atomic E-state index is 0.00602. The van der Waals surface area contributed by atoms with Gasteiger partial charge in [-0.15, -0.1) is 10.2 Å². The van der Waals surface area contributed by atoms with E-state index >= 15 is 0 Å². The van der Waals surface area contributed by atoms with E-state index < -0.39 is 9.84 Å². The second-order valence-electron chi connectivity index (χ2n) is 4.02. The summed E-state index contributed by atoms with van der Waals surface area (Å²) in [5, 5.41) is 8.66. The lowest BCUT2D eigenvalue weighted by atomic mass is 10.4. The van der Waals surface area contributed by atoms with Crippen LogP contribution in [-0.2, 0) is 16.9 Å². The Labute approximate surface area is 126 Å². The molecule has 20 heavy (non-hydrogen) atoms. The topological polar surface area (TPSA) is 90.9 Å². The highest BCUT2D eigenvalue weighted by Crippen LogP contribution is 2.20. The van der Waals surface area contributed by atoms with Gasteiger partial charge in [-0.3, -0.25) is 4.57 Å².